The van der Waals surface area contributed by atoms with Gasteiger partial charge in [0.1, 0.15) is 0 Å². The van der Waals surface area contributed by atoms with Crippen molar-refractivity contribution in [1.29, 1.82) is 0 Å². The van der Waals surface area contributed by atoms with Gasteiger partial charge < -0.3 is 10.0 Å². The lowest BCUT2D eigenvalue weighted by molar-refractivity contribution is -0.128. The molecule has 1 aromatic carbocycles. The third kappa shape index (κ3) is 8.49. The second-order valence-electron chi connectivity index (χ2n) is 6.99. The van der Waals surface area contributed by atoms with E-state index in [1.807, 2.05) is 41.3 Å². The summed E-state index contributed by atoms with van der Waals surface area (Å²) in [5.74, 6) is 0.941. The molecule has 1 amide bonds. The molecule has 0 saturated carbocycles. The third-order valence-electron chi connectivity index (χ3n) is 4.45. The van der Waals surface area contributed by atoms with Crippen LogP contribution in [0.15, 0.2) is 42.5 Å². The quantitative estimate of drug-likeness (QED) is 0.448. The van der Waals surface area contributed by atoms with Crippen LogP contribution in [0.4, 0.5) is 0 Å². The Morgan fingerprint density at radius 1 is 1.30 bits per heavy atom. The van der Waals surface area contributed by atoms with E-state index in [0.29, 0.717) is 19.4 Å². The van der Waals surface area contributed by atoms with Crippen LogP contribution >= 0.6 is 11.8 Å². The minimum Gasteiger partial charge on any atom is -0.389 e. The number of thioether (sulfide) groups is 1. The summed E-state index contributed by atoms with van der Waals surface area (Å²) in [5, 5.41) is 10.4. The van der Waals surface area contributed by atoms with Crippen molar-refractivity contribution in [2.45, 2.75) is 44.2 Å². The molecule has 1 N–H and O–H groups in total. The predicted molar refractivity (Wildman–Crippen MR) is 111 cm³/mol. The number of hydrogen-bond donors (Lipinski definition) is 1. The molecular formula is C20H29NO4S2. The lowest BCUT2D eigenvalue weighted by Crippen LogP contribution is -2.33. The van der Waals surface area contributed by atoms with Crippen LogP contribution in [0.5, 0.6) is 0 Å². The highest BCUT2D eigenvalue weighted by Gasteiger charge is 2.28. The summed E-state index contributed by atoms with van der Waals surface area (Å²) in [4.78, 5) is 14.0. The molecule has 27 heavy (non-hydrogen) atoms. The highest BCUT2D eigenvalue weighted by molar-refractivity contribution is 8.12. The number of aliphatic hydroxyl groups is 1. The number of benzene rings is 1. The zero-order chi connectivity index (χ0) is 19.7. The number of unbranched alkanes of at least 4 members (excludes halogenated alkanes) is 1. The van der Waals surface area contributed by atoms with Crippen molar-refractivity contribution in [2.24, 2.45) is 0 Å². The van der Waals surface area contributed by atoms with E-state index in [4.69, 9.17) is 0 Å². The Bertz CT molecular complexity index is 719. The van der Waals surface area contributed by atoms with E-state index in [2.05, 4.69) is 0 Å². The Morgan fingerprint density at radius 3 is 2.74 bits per heavy atom. The molecule has 0 spiro atoms. The second kappa shape index (κ2) is 10.9. The summed E-state index contributed by atoms with van der Waals surface area (Å²) >= 11 is 1.42. The molecule has 0 radical (unpaired) electrons. The molecule has 1 unspecified atom stereocenters. The van der Waals surface area contributed by atoms with E-state index in [9.17, 15) is 18.3 Å². The first-order valence-electron chi connectivity index (χ1n) is 9.30. The molecule has 1 saturated heterocycles. The van der Waals surface area contributed by atoms with E-state index in [-0.39, 0.29) is 17.0 Å². The van der Waals surface area contributed by atoms with Gasteiger partial charge in [-0.25, -0.2) is 8.42 Å². The number of carbonyl (C=O) groups is 1. The summed E-state index contributed by atoms with van der Waals surface area (Å²) in [6, 6.07) is 9.89. The Morgan fingerprint density at radius 2 is 2.04 bits per heavy atom. The number of nitrogens with zero attached hydrogens (tertiary/aromatic N) is 1. The number of carbonyl (C=O) groups excluding carboxylic acids is 1. The van der Waals surface area contributed by atoms with Crippen molar-refractivity contribution in [1.82, 2.24) is 4.90 Å². The van der Waals surface area contributed by atoms with Crippen LogP contribution in [0.25, 0.3) is 0 Å². The number of likely N-dealkylation sites (tertiary alicyclic amines) is 1. The molecule has 150 valence electrons. The van der Waals surface area contributed by atoms with Gasteiger partial charge in [0.2, 0.25) is 5.91 Å². The maximum absolute atomic E-state index is 12.1. The minimum atomic E-state index is -2.92. The van der Waals surface area contributed by atoms with Crippen LogP contribution in [-0.2, 0) is 21.1 Å². The van der Waals surface area contributed by atoms with Gasteiger partial charge in [-0.3, -0.25) is 4.79 Å². The van der Waals surface area contributed by atoms with Crippen LogP contribution in [0.3, 0.4) is 0 Å². The number of hydrogen-bond acceptors (Lipinski definition) is 5. The fourth-order valence-corrected chi connectivity index (χ4v) is 5.21. The first kappa shape index (κ1) is 22.0. The summed E-state index contributed by atoms with van der Waals surface area (Å²) in [6.45, 7) is 0.683. The summed E-state index contributed by atoms with van der Waals surface area (Å²) in [5.41, 5.74) is 1.08. The molecule has 1 fully saturated rings. The standard InChI is InChI=1S/C20H29NO4S2/c1-27(24,25)16-26-14-6-5-13-21-18(10-12-20(21)23)9-11-19(22)15-17-7-3-2-4-8-17/h2-4,7-9,11,18-19,22H,5-6,10,12-16H2,1H3/b11-9+/t18-,19?/m1/s1. The van der Waals surface area contributed by atoms with Crippen molar-refractivity contribution >= 4 is 27.5 Å². The number of rotatable bonds is 11. The first-order valence-corrected chi connectivity index (χ1v) is 12.5. The highest BCUT2D eigenvalue weighted by Crippen LogP contribution is 2.21. The average molecular weight is 412 g/mol. The molecule has 0 aromatic heterocycles. The van der Waals surface area contributed by atoms with Gasteiger partial charge in [-0.1, -0.05) is 42.5 Å². The highest BCUT2D eigenvalue weighted by atomic mass is 32.3. The zero-order valence-corrected chi connectivity index (χ0v) is 17.4. The SMILES string of the molecule is CS(=O)(=O)CSCCCCN1C(=O)CC[C@H]1/C=C/C(O)Cc1ccccc1. The number of sulfone groups is 1. The van der Waals surface area contributed by atoms with Crippen molar-refractivity contribution in [3.05, 3.63) is 48.0 Å². The summed E-state index contributed by atoms with van der Waals surface area (Å²) in [6.07, 6.45) is 8.08. The predicted octanol–water partition coefficient (Wildman–Crippen LogP) is 2.65. The monoisotopic (exact) mass is 411 g/mol. The molecule has 0 aliphatic carbocycles. The summed E-state index contributed by atoms with van der Waals surface area (Å²) < 4.78 is 22.2. The van der Waals surface area contributed by atoms with E-state index in [1.165, 1.54) is 18.0 Å². The largest absolute Gasteiger partial charge is 0.389 e. The van der Waals surface area contributed by atoms with Crippen molar-refractivity contribution in [3.63, 3.8) is 0 Å². The van der Waals surface area contributed by atoms with Crippen LogP contribution in [0.1, 0.15) is 31.2 Å². The lowest BCUT2D eigenvalue weighted by atomic mass is 10.1. The molecule has 0 bridgehead atoms. The molecule has 5 nitrogen and oxygen atoms in total. The van der Waals surface area contributed by atoms with Gasteiger partial charge in [-0.2, -0.15) is 0 Å². The van der Waals surface area contributed by atoms with Crippen LogP contribution in [0, 0.1) is 0 Å². The number of aliphatic hydroxyl groups excluding tert-OH is 1. The minimum absolute atomic E-state index is 0.0478. The molecule has 1 heterocycles. The molecule has 1 aliphatic rings. The van der Waals surface area contributed by atoms with Gasteiger partial charge in [0.15, 0.2) is 9.84 Å². The van der Waals surface area contributed by atoms with Gasteiger partial charge in [0.05, 0.1) is 17.2 Å². The fourth-order valence-electron chi connectivity index (χ4n) is 3.12. The maximum Gasteiger partial charge on any atom is 0.223 e. The summed E-state index contributed by atoms with van der Waals surface area (Å²) in [7, 11) is -2.92. The third-order valence-corrected chi connectivity index (χ3v) is 7.41. The zero-order valence-electron chi connectivity index (χ0n) is 15.8. The Balaban J connectivity index is 1.74. The molecule has 2 rings (SSSR count). The first-order chi connectivity index (χ1) is 12.8. The molecular weight excluding hydrogens is 382 g/mol. The average Bonchev–Trinajstić information content (AvgIpc) is 2.96. The molecule has 1 aliphatic heterocycles. The van der Waals surface area contributed by atoms with Crippen molar-refractivity contribution in [2.75, 3.05) is 23.6 Å². The van der Waals surface area contributed by atoms with Gasteiger partial charge in [-0.05, 0) is 30.6 Å². The Hall–Kier alpha value is -1.31. The van der Waals surface area contributed by atoms with Crippen LogP contribution in [-0.4, -0.2) is 60.1 Å². The van der Waals surface area contributed by atoms with Gasteiger partial charge in [-0.15, -0.1) is 11.8 Å². The second-order valence-corrected chi connectivity index (χ2v) is 10.6. The number of amides is 1. The normalized spacial score (nSPS) is 19.1. The van der Waals surface area contributed by atoms with E-state index >= 15 is 0 Å². The van der Waals surface area contributed by atoms with Gasteiger partial charge >= 0.3 is 0 Å². The van der Waals surface area contributed by atoms with Gasteiger partial charge in [0, 0.05) is 25.6 Å². The molecule has 7 heteroatoms. The molecule has 1 aromatic rings. The molecule has 2 atom stereocenters. The smallest absolute Gasteiger partial charge is 0.223 e. The maximum atomic E-state index is 12.1. The Labute approximate surface area is 166 Å². The lowest BCUT2D eigenvalue weighted by Gasteiger charge is -2.22. The van der Waals surface area contributed by atoms with Crippen molar-refractivity contribution in [3.8, 4) is 0 Å². The van der Waals surface area contributed by atoms with E-state index in [1.54, 1.807) is 6.08 Å². The van der Waals surface area contributed by atoms with Crippen LogP contribution in [0.2, 0.25) is 0 Å². The van der Waals surface area contributed by atoms with Crippen LogP contribution < -0.4 is 0 Å². The Kier molecular flexibility index (Phi) is 8.86. The van der Waals surface area contributed by atoms with Crippen molar-refractivity contribution < 1.29 is 18.3 Å². The fraction of sp³-hybridized carbons (Fsp3) is 0.550. The topological polar surface area (TPSA) is 74.7 Å². The van der Waals surface area contributed by atoms with Gasteiger partial charge in [0.25, 0.3) is 0 Å². The van der Waals surface area contributed by atoms with E-state index < -0.39 is 15.9 Å². The van der Waals surface area contributed by atoms with E-state index in [0.717, 1.165) is 30.6 Å².